The number of primary amides is 1. The Morgan fingerprint density at radius 1 is 1.35 bits per heavy atom. The van der Waals surface area contributed by atoms with Crippen molar-refractivity contribution in [1.29, 1.82) is 0 Å². The molecule has 2 N–H and O–H groups in total. The van der Waals surface area contributed by atoms with E-state index in [-0.39, 0.29) is 0 Å². The van der Waals surface area contributed by atoms with Gasteiger partial charge in [-0.3, -0.25) is 4.79 Å². The second kappa shape index (κ2) is 8.31. The summed E-state index contributed by atoms with van der Waals surface area (Å²) in [7, 11) is 0. The van der Waals surface area contributed by atoms with E-state index >= 15 is 0 Å². The van der Waals surface area contributed by atoms with Crippen LogP contribution in [0.15, 0.2) is 18.2 Å². The molecule has 2 aromatic rings. The van der Waals surface area contributed by atoms with E-state index < -0.39 is 12.0 Å². The normalized spacial score (nSPS) is 14.7. The summed E-state index contributed by atoms with van der Waals surface area (Å²) in [4.78, 5) is 11.7. The lowest BCUT2D eigenvalue weighted by Crippen LogP contribution is -2.33. The van der Waals surface area contributed by atoms with Crippen molar-refractivity contribution in [2.45, 2.75) is 58.0 Å². The standard InChI is InChI=1S/C19H23Cl2N3O2/c1-2-3-8-16(19(22)25)26-17-11-12(9-10-14(17)20)24-18(21)13-6-4-5-7-15(13)23-24/h9-11,16H,2-8H2,1H3,(H2,22,25). The number of ether oxygens (including phenoxy) is 1. The quantitative estimate of drug-likeness (QED) is 0.750. The number of rotatable bonds is 7. The number of amides is 1. The predicted octanol–water partition coefficient (Wildman–Crippen LogP) is 4.48. The Hall–Kier alpha value is -1.72. The van der Waals surface area contributed by atoms with Crippen molar-refractivity contribution >= 4 is 29.1 Å². The molecule has 1 atom stereocenters. The van der Waals surface area contributed by atoms with Gasteiger partial charge in [0.05, 0.1) is 16.4 Å². The maximum atomic E-state index is 11.7. The van der Waals surface area contributed by atoms with Gasteiger partial charge in [0.15, 0.2) is 6.10 Å². The van der Waals surface area contributed by atoms with Gasteiger partial charge in [-0.05, 0) is 50.7 Å². The van der Waals surface area contributed by atoms with Gasteiger partial charge in [0, 0.05) is 11.6 Å². The SMILES string of the molecule is CCCCC(Oc1cc(-n2nc3c(c2Cl)CCCC3)ccc1Cl)C(N)=O. The van der Waals surface area contributed by atoms with Crippen LogP contribution in [0.25, 0.3) is 5.69 Å². The summed E-state index contributed by atoms with van der Waals surface area (Å²) in [5, 5.41) is 5.70. The van der Waals surface area contributed by atoms with E-state index in [1.807, 2.05) is 13.0 Å². The molecule has 1 aliphatic rings. The highest BCUT2D eigenvalue weighted by molar-refractivity contribution is 6.32. The molecule has 0 saturated carbocycles. The number of unbranched alkanes of at least 4 members (excludes halogenated alkanes) is 1. The molecule has 140 valence electrons. The van der Waals surface area contributed by atoms with Crippen molar-refractivity contribution in [3.63, 3.8) is 0 Å². The molecule has 26 heavy (non-hydrogen) atoms. The largest absolute Gasteiger partial charge is 0.479 e. The molecule has 3 rings (SSSR count). The number of aromatic nitrogens is 2. The molecule has 5 nitrogen and oxygen atoms in total. The minimum Gasteiger partial charge on any atom is -0.479 e. The van der Waals surface area contributed by atoms with Crippen molar-refractivity contribution in [2.24, 2.45) is 5.73 Å². The Balaban J connectivity index is 1.90. The topological polar surface area (TPSA) is 70.1 Å². The average molecular weight is 396 g/mol. The molecule has 0 fully saturated rings. The molecule has 1 aromatic heterocycles. The summed E-state index contributed by atoms with van der Waals surface area (Å²) in [6.45, 7) is 2.05. The summed E-state index contributed by atoms with van der Waals surface area (Å²) >= 11 is 12.8. The average Bonchev–Trinajstić information content (AvgIpc) is 2.97. The first-order valence-corrected chi connectivity index (χ1v) is 9.79. The van der Waals surface area contributed by atoms with Crippen LogP contribution in [-0.4, -0.2) is 21.8 Å². The van der Waals surface area contributed by atoms with Crippen LogP contribution < -0.4 is 10.5 Å². The Morgan fingerprint density at radius 2 is 2.12 bits per heavy atom. The molecular formula is C19H23Cl2N3O2. The van der Waals surface area contributed by atoms with Crippen LogP contribution in [0.2, 0.25) is 10.2 Å². The second-order valence-corrected chi connectivity index (χ2v) is 7.37. The fourth-order valence-electron chi connectivity index (χ4n) is 3.20. The van der Waals surface area contributed by atoms with Gasteiger partial charge in [0.25, 0.3) is 5.91 Å². The number of benzene rings is 1. The summed E-state index contributed by atoms with van der Waals surface area (Å²) in [5.74, 6) is -0.0823. The van der Waals surface area contributed by atoms with E-state index in [4.69, 9.17) is 33.7 Å². The zero-order valence-electron chi connectivity index (χ0n) is 14.8. The number of carbonyl (C=O) groups excluding carboxylic acids is 1. The van der Waals surface area contributed by atoms with Gasteiger partial charge in [-0.25, -0.2) is 4.68 Å². The second-order valence-electron chi connectivity index (χ2n) is 6.60. The van der Waals surface area contributed by atoms with Gasteiger partial charge in [0.1, 0.15) is 10.9 Å². The number of aryl methyl sites for hydroxylation is 1. The van der Waals surface area contributed by atoms with E-state index in [1.165, 1.54) is 0 Å². The smallest absolute Gasteiger partial charge is 0.258 e. The fourth-order valence-corrected chi connectivity index (χ4v) is 3.70. The van der Waals surface area contributed by atoms with Crippen molar-refractivity contribution in [3.05, 3.63) is 39.6 Å². The van der Waals surface area contributed by atoms with Crippen LogP contribution in [0, 0.1) is 0 Å². The summed E-state index contributed by atoms with van der Waals surface area (Å²) in [6.07, 6.45) is 5.81. The number of nitrogens with zero attached hydrogens (tertiary/aromatic N) is 2. The first kappa shape index (κ1) is 19.1. The highest BCUT2D eigenvalue weighted by Gasteiger charge is 2.22. The minimum absolute atomic E-state index is 0.411. The van der Waals surface area contributed by atoms with E-state index in [1.54, 1.807) is 16.8 Å². The summed E-state index contributed by atoms with van der Waals surface area (Å²) in [6, 6.07) is 5.32. The van der Waals surface area contributed by atoms with Crippen LogP contribution in [-0.2, 0) is 17.6 Å². The van der Waals surface area contributed by atoms with Crippen molar-refractivity contribution < 1.29 is 9.53 Å². The van der Waals surface area contributed by atoms with Crippen LogP contribution in [0.4, 0.5) is 0 Å². The van der Waals surface area contributed by atoms with Gasteiger partial charge in [-0.2, -0.15) is 5.10 Å². The van der Waals surface area contributed by atoms with Crippen molar-refractivity contribution in [1.82, 2.24) is 9.78 Å². The molecule has 7 heteroatoms. The number of nitrogens with two attached hydrogens (primary N) is 1. The molecule has 1 unspecified atom stereocenters. The van der Waals surface area contributed by atoms with E-state index in [0.29, 0.717) is 22.3 Å². The lowest BCUT2D eigenvalue weighted by molar-refractivity contribution is -0.125. The molecule has 0 saturated heterocycles. The van der Waals surface area contributed by atoms with Gasteiger partial charge in [0.2, 0.25) is 0 Å². The Labute approximate surface area is 163 Å². The molecule has 0 radical (unpaired) electrons. The highest BCUT2D eigenvalue weighted by Crippen LogP contribution is 2.33. The maximum Gasteiger partial charge on any atom is 0.258 e. The third kappa shape index (κ3) is 3.99. The zero-order valence-corrected chi connectivity index (χ0v) is 16.3. The van der Waals surface area contributed by atoms with Crippen LogP contribution in [0.3, 0.4) is 0 Å². The minimum atomic E-state index is -0.705. The van der Waals surface area contributed by atoms with E-state index in [2.05, 4.69) is 5.10 Å². The molecule has 0 aliphatic heterocycles. The van der Waals surface area contributed by atoms with Crippen LogP contribution in [0.5, 0.6) is 5.75 Å². The molecule has 0 spiro atoms. The monoisotopic (exact) mass is 395 g/mol. The Kier molecular flexibility index (Phi) is 6.09. The molecule has 1 amide bonds. The number of halogens is 2. The number of fused-ring (bicyclic) bond motifs is 1. The summed E-state index contributed by atoms with van der Waals surface area (Å²) < 4.78 is 7.54. The molecule has 1 aromatic carbocycles. The highest BCUT2D eigenvalue weighted by atomic mass is 35.5. The van der Waals surface area contributed by atoms with Crippen molar-refractivity contribution in [2.75, 3.05) is 0 Å². The van der Waals surface area contributed by atoms with Crippen LogP contribution >= 0.6 is 23.2 Å². The molecule has 1 aliphatic carbocycles. The Morgan fingerprint density at radius 3 is 2.81 bits per heavy atom. The van der Waals surface area contributed by atoms with Gasteiger partial charge >= 0.3 is 0 Å². The zero-order chi connectivity index (χ0) is 18.7. The van der Waals surface area contributed by atoms with Gasteiger partial charge in [-0.15, -0.1) is 0 Å². The third-order valence-electron chi connectivity index (χ3n) is 4.66. The lowest BCUT2D eigenvalue weighted by Gasteiger charge is -2.17. The first-order chi connectivity index (χ1) is 12.5. The molecule has 0 bridgehead atoms. The number of hydrogen-bond donors (Lipinski definition) is 1. The van der Waals surface area contributed by atoms with E-state index in [9.17, 15) is 4.79 Å². The third-order valence-corrected chi connectivity index (χ3v) is 5.36. The van der Waals surface area contributed by atoms with Gasteiger partial charge < -0.3 is 10.5 Å². The molecular weight excluding hydrogens is 373 g/mol. The molecule has 1 heterocycles. The lowest BCUT2D eigenvalue weighted by atomic mass is 9.99. The fraction of sp³-hybridized carbons (Fsp3) is 0.474. The number of carbonyl (C=O) groups is 1. The van der Waals surface area contributed by atoms with Crippen LogP contribution in [0.1, 0.15) is 50.3 Å². The maximum absolute atomic E-state index is 11.7. The van der Waals surface area contributed by atoms with Crippen molar-refractivity contribution in [3.8, 4) is 11.4 Å². The predicted molar refractivity (Wildman–Crippen MR) is 103 cm³/mol. The van der Waals surface area contributed by atoms with Gasteiger partial charge in [-0.1, -0.05) is 36.5 Å². The Bertz CT molecular complexity index is 804. The summed E-state index contributed by atoms with van der Waals surface area (Å²) in [5.41, 5.74) is 8.39. The first-order valence-electron chi connectivity index (χ1n) is 9.03. The van der Waals surface area contributed by atoms with E-state index in [0.717, 1.165) is 55.5 Å². The number of hydrogen-bond acceptors (Lipinski definition) is 3.